The van der Waals surface area contributed by atoms with E-state index in [1.54, 1.807) is 6.92 Å². The predicted octanol–water partition coefficient (Wildman–Crippen LogP) is 1.79. The van der Waals surface area contributed by atoms with Crippen LogP contribution in [0.3, 0.4) is 0 Å². The van der Waals surface area contributed by atoms with E-state index in [4.69, 9.17) is 10.7 Å². The molecule has 0 aliphatic carbocycles. The largest absolute Gasteiger partial charge is 0.594 e. The van der Waals surface area contributed by atoms with Crippen LogP contribution in [0, 0.1) is 12.9 Å². The van der Waals surface area contributed by atoms with Crippen LogP contribution in [-0.2, 0) is 10.4 Å². The molecule has 1 rings (SSSR count). The number of hydrogen-bond acceptors (Lipinski definition) is 2. The van der Waals surface area contributed by atoms with Gasteiger partial charge in [-0.1, -0.05) is 0 Å². The predicted molar refractivity (Wildman–Crippen MR) is 41.2 cm³/mol. The second-order valence-electron chi connectivity index (χ2n) is 2.03. The normalized spacial score (nSPS) is 13.1. The zero-order valence-electron chi connectivity index (χ0n) is 5.67. The molecule has 1 aromatic rings. The van der Waals surface area contributed by atoms with Crippen LogP contribution in [0.15, 0.2) is 17.2 Å². The van der Waals surface area contributed by atoms with Gasteiger partial charge in [-0.3, -0.25) is 0 Å². The molecule has 0 spiro atoms. The highest BCUT2D eigenvalue weighted by molar-refractivity contribution is 8.13. The SMILES string of the molecule is Cc1cnc(F)c([S@@+]([O-])Cl)c1. The van der Waals surface area contributed by atoms with E-state index in [1.165, 1.54) is 12.3 Å². The van der Waals surface area contributed by atoms with Gasteiger partial charge in [0.25, 0.3) is 5.95 Å². The molecule has 0 aromatic carbocycles. The molecule has 0 saturated carbocycles. The first kappa shape index (κ1) is 8.77. The molecular formula is C6H5ClFNOS. The molecule has 0 aliphatic rings. The van der Waals surface area contributed by atoms with Gasteiger partial charge in [0.15, 0.2) is 10.7 Å². The van der Waals surface area contributed by atoms with Gasteiger partial charge in [-0.05, 0) is 12.5 Å². The number of nitrogens with zero attached hydrogens (tertiary/aromatic N) is 1. The van der Waals surface area contributed by atoms with Crippen LogP contribution in [0.25, 0.3) is 0 Å². The second-order valence-corrected chi connectivity index (χ2v) is 3.75. The van der Waals surface area contributed by atoms with E-state index >= 15 is 0 Å². The molecule has 1 aromatic heterocycles. The molecule has 60 valence electrons. The van der Waals surface area contributed by atoms with E-state index in [1.807, 2.05) is 0 Å². The summed E-state index contributed by atoms with van der Waals surface area (Å²) >= 11 is 0. The summed E-state index contributed by atoms with van der Waals surface area (Å²) in [5.41, 5.74) is 0.732. The molecule has 0 N–H and O–H groups in total. The van der Waals surface area contributed by atoms with Gasteiger partial charge in [-0.2, -0.15) is 4.39 Å². The smallest absolute Gasteiger partial charge is 0.270 e. The highest BCUT2D eigenvalue weighted by Gasteiger charge is 2.15. The lowest BCUT2D eigenvalue weighted by atomic mass is 10.3. The fourth-order valence-corrected chi connectivity index (χ4v) is 1.43. The van der Waals surface area contributed by atoms with Crippen LogP contribution in [-0.4, -0.2) is 9.54 Å². The Morgan fingerprint density at radius 3 is 2.82 bits per heavy atom. The van der Waals surface area contributed by atoms with Crippen molar-refractivity contribution in [1.82, 2.24) is 4.98 Å². The minimum Gasteiger partial charge on any atom is -0.594 e. The molecule has 0 amide bonds. The van der Waals surface area contributed by atoms with Crippen molar-refractivity contribution in [2.24, 2.45) is 0 Å². The summed E-state index contributed by atoms with van der Waals surface area (Å²) in [6.45, 7) is 1.72. The zero-order chi connectivity index (χ0) is 8.43. The average Bonchev–Trinajstić information content (AvgIpc) is 1.94. The minimum absolute atomic E-state index is 0.0633. The Morgan fingerprint density at radius 2 is 2.36 bits per heavy atom. The standard InChI is InChI=1S/C6H5ClFNOS/c1-4-2-5(11(7)10)6(8)9-3-4/h2-3H,1H3/t11-/m1/s1. The molecule has 1 atom stereocenters. The molecule has 5 heteroatoms. The monoisotopic (exact) mass is 193 g/mol. The Morgan fingerprint density at radius 1 is 1.73 bits per heavy atom. The topological polar surface area (TPSA) is 36.0 Å². The van der Waals surface area contributed by atoms with Crippen LogP contribution in [0.2, 0.25) is 0 Å². The maximum absolute atomic E-state index is 12.6. The van der Waals surface area contributed by atoms with Gasteiger partial charge in [0, 0.05) is 12.3 Å². The third kappa shape index (κ3) is 2.05. The van der Waals surface area contributed by atoms with Gasteiger partial charge >= 0.3 is 0 Å². The molecule has 1 heterocycles. The lowest BCUT2D eigenvalue weighted by Gasteiger charge is -2.00. The van der Waals surface area contributed by atoms with Crippen molar-refractivity contribution < 1.29 is 8.94 Å². The van der Waals surface area contributed by atoms with Crippen LogP contribution >= 0.6 is 10.7 Å². The number of aryl methyl sites for hydroxylation is 1. The van der Waals surface area contributed by atoms with E-state index in [9.17, 15) is 8.94 Å². The number of rotatable bonds is 1. The lowest BCUT2D eigenvalue weighted by Crippen LogP contribution is -1.98. The Kier molecular flexibility index (Phi) is 2.70. The van der Waals surface area contributed by atoms with E-state index in [2.05, 4.69) is 4.98 Å². The van der Waals surface area contributed by atoms with Crippen LogP contribution in [0.1, 0.15) is 5.56 Å². The quantitative estimate of drug-likeness (QED) is 0.504. The summed E-state index contributed by atoms with van der Waals surface area (Å²) in [6.07, 6.45) is 1.35. The van der Waals surface area contributed by atoms with Crippen molar-refractivity contribution >= 4 is 21.1 Å². The summed E-state index contributed by atoms with van der Waals surface area (Å²) in [4.78, 5) is 3.29. The maximum atomic E-state index is 12.6. The maximum Gasteiger partial charge on any atom is 0.270 e. The molecule has 0 saturated heterocycles. The van der Waals surface area contributed by atoms with Gasteiger partial charge < -0.3 is 4.55 Å². The fourth-order valence-electron chi connectivity index (χ4n) is 0.638. The van der Waals surface area contributed by atoms with Crippen LogP contribution in [0.5, 0.6) is 0 Å². The molecule has 0 unspecified atom stereocenters. The van der Waals surface area contributed by atoms with Crippen molar-refractivity contribution in [1.29, 1.82) is 0 Å². The molecule has 0 fully saturated rings. The summed E-state index contributed by atoms with van der Waals surface area (Å²) < 4.78 is 23.2. The van der Waals surface area contributed by atoms with Gasteiger partial charge in [-0.25, -0.2) is 4.98 Å². The number of pyridine rings is 1. The third-order valence-electron chi connectivity index (χ3n) is 1.12. The summed E-state index contributed by atoms with van der Waals surface area (Å²) in [5.74, 6) is -0.774. The number of hydrogen-bond donors (Lipinski definition) is 0. The zero-order valence-corrected chi connectivity index (χ0v) is 7.25. The van der Waals surface area contributed by atoms with Crippen molar-refractivity contribution in [3.05, 3.63) is 23.8 Å². The Balaban J connectivity index is 3.13. The first-order valence-electron chi connectivity index (χ1n) is 2.81. The summed E-state index contributed by atoms with van der Waals surface area (Å²) in [5, 5.41) is 0. The van der Waals surface area contributed by atoms with Gasteiger partial charge in [0.05, 0.1) is 0 Å². The van der Waals surface area contributed by atoms with Gasteiger partial charge in [-0.15, -0.1) is 0 Å². The molecule has 2 nitrogen and oxygen atoms in total. The molecule has 0 aliphatic heterocycles. The van der Waals surface area contributed by atoms with E-state index in [0.717, 1.165) is 5.56 Å². The number of aromatic nitrogens is 1. The van der Waals surface area contributed by atoms with Crippen LogP contribution < -0.4 is 0 Å². The molecule has 0 bridgehead atoms. The summed E-state index contributed by atoms with van der Waals surface area (Å²) in [7, 11) is 3.36. The van der Waals surface area contributed by atoms with E-state index in [0.29, 0.717) is 0 Å². The number of halogens is 2. The molecule has 0 radical (unpaired) electrons. The lowest BCUT2D eigenvalue weighted by molar-refractivity contribution is 0.541. The van der Waals surface area contributed by atoms with E-state index < -0.39 is 16.3 Å². The van der Waals surface area contributed by atoms with Crippen molar-refractivity contribution in [2.75, 3.05) is 0 Å². The summed E-state index contributed by atoms with van der Waals surface area (Å²) in [6, 6.07) is 1.41. The third-order valence-corrected chi connectivity index (χ3v) is 2.25. The van der Waals surface area contributed by atoms with Crippen molar-refractivity contribution in [3.8, 4) is 0 Å². The highest BCUT2D eigenvalue weighted by Crippen LogP contribution is 2.17. The minimum atomic E-state index is -1.82. The highest BCUT2D eigenvalue weighted by atomic mass is 35.7. The van der Waals surface area contributed by atoms with Gasteiger partial charge in [0.2, 0.25) is 4.90 Å². The molecular weight excluding hydrogens is 189 g/mol. The van der Waals surface area contributed by atoms with Crippen molar-refractivity contribution in [3.63, 3.8) is 0 Å². The Bertz CT molecular complexity index is 269. The second kappa shape index (κ2) is 3.38. The van der Waals surface area contributed by atoms with Crippen LogP contribution in [0.4, 0.5) is 4.39 Å². The fraction of sp³-hybridized carbons (Fsp3) is 0.167. The first-order chi connectivity index (χ1) is 5.11. The average molecular weight is 194 g/mol. The first-order valence-corrected chi connectivity index (χ1v) is 4.79. The molecule has 11 heavy (non-hydrogen) atoms. The van der Waals surface area contributed by atoms with E-state index in [-0.39, 0.29) is 4.90 Å². The Labute approximate surface area is 71.1 Å². The van der Waals surface area contributed by atoms with Gasteiger partial charge in [0.1, 0.15) is 10.4 Å². The van der Waals surface area contributed by atoms with Crippen molar-refractivity contribution in [2.45, 2.75) is 11.8 Å². The Hall–Kier alpha value is -0.320.